The van der Waals surface area contributed by atoms with Gasteiger partial charge >= 0.3 is 0 Å². The van der Waals surface area contributed by atoms with Crippen LogP contribution in [0.15, 0.2) is 24.3 Å². The molecule has 98 valence electrons. The topological polar surface area (TPSA) is 6.48 Å². The van der Waals surface area contributed by atoms with E-state index in [2.05, 4.69) is 16.7 Å². The van der Waals surface area contributed by atoms with Crippen LogP contribution in [0.2, 0.25) is 0 Å². The first-order valence-electron chi connectivity index (χ1n) is 6.99. The van der Waals surface area contributed by atoms with Crippen LogP contribution < -0.4 is 0 Å². The molecule has 3 rings (SSSR count). The molecule has 0 spiro atoms. The van der Waals surface area contributed by atoms with Crippen LogP contribution in [0.1, 0.15) is 25.3 Å². The first-order chi connectivity index (χ1) is 8.78. The first-order valence-corrected chi connectivity index (χ1v) is 6.99. The highest BCUT2D eigenvalue weighted by molar-refractivity contribution is 5.18. The van der Waals surface area contributed by atoms with Gasteiger partial charge in [0.2, 0.25) is 0 Å². The van der Waals surface area contributed by atoms with Crippen molar-refractivity contribution < 1.29 is 4.39 Å². The Bertz CT molecular complexity index is 407. The molecule has 18 heavy (non-hydrogen) atoms. The molecule has 0 amide bonds. The minimum atomic E-state index is -0.0604. The van der Waals surface area contributed by atoms with Gasteiger partial charge in [0.1, 0.15) is 5.82 Å². The summed E-state index contributed by atoms with van der Waals surface area (Å²) in [6.07, 6.45) is 2.55. The molecular formula is C15H21FN2. The predicted octanol–water partition coefficient (Wildman–Crippen LogP) is 2.49. The van der Waals surface area contributed by atoms with Crippen molar-refractivity contribution in [3.63, 3.8) is 0 Å². The summed E-state index contributed by atoms with van der Waals surface area (Å²) in [6, 6.07) is 8.44. The summed E-state index contributed by atoms with van der Waals surface area (Å²) in [6.45, 7) is 6.45. The van der Waals surface area contributed by atoms with E-state index in [-0.39, 0.29) is 5.82 Å². The molecule has 2 aliphatic heterocycles. The third-order valence-corrected chi connectivity index (χ3v) is 4.47. The number of rotatable bonds is 3. The summed E-state index contributed by atoms with van der Waals surface area (Å²) >= 11 is 0. The van der Waals surface area contributed by atoms with E-state index in [1.807, 2.05) is 12.1 Å². The Morgan fingerprint density at radius 2 is 1.83 bits per heavy atom. The van der Waals surface area contributed by atoms with Crippen LogP contribution in [0, 0.1) is 5.82 Å². The second kappa shape index (κ2) is 4.98. The van der Waals surface area contributed by atoms with E-state index in [1.54, 1.807) is 12.1 Å². The fourth-order valence-electron chi connectivity index (χ4n) is 3.42. The monoisotopic (exact) mass is 248 g/mol. The number of nitrogens with zero attached hydrogens (tertiary/aromatic N) is 2. The van der Waals surface area contributed by atoms with Crippen LogP contribution in [0.5, 0.6) is 0 Å². The Morgan fingerprint density at radius 1 is 1.17 bits per heavy atom. The molecule has 2 unspecified atom stereocenters. The lowest BCUT2D eigenvalue weighted by atomic mass is 10.1. The minimum absolute atomic E-state index is 0.0604. The van der Waals surface area contributed by atoms with Crippen molar-refractivity contribution in [3.8, 4) is 0 Å². The van der Waals surface area contributed by atoms with Crippen molar-refractivity contribution in [1.29, 1.82) is 0 Å². The largest absolute Gasteiger partial charge is 0.301 e. The quantitative estimate of drug-likeness (QED) is 0.811. The Morgan fingerprint density at radius 3 is 2.44 bits per heavy atom. The zero-order valence-electron chi connectivity index (χ0n) is 11.0. The molecule has 0 aromatic heterocycles. The van der Waals surface area contributed by atoms with Crippen LogP contribution in [-0.2, 0) is 6.54 Å². The minimum Gasteiger partial charge on any atom is -0.301 e. The summed E-state index contributed by atoms with van der Waals surface area (Å²) < 4.78 is 13.7. The number of hydrogen-bond donors (Lipinski definition) is 0. The summed E-state index contributed by atoms with van der Waals surface area (Å²) in [5.74, 6) is -0.0604. The van der Waals surface area contributed by atoms with Crippen LogP contribution in [-0.4, -0.2) is 41.5 Å². The van der Waals surface area contributed by atoms with Gasteiger partial charge in [-0.1, -0.05) is 25.1 Å². The molecule has 0 saturated carbocycles. The van der Waals surface area contributed by atoms with Crippen molar-refractivity contribution >= 4 is 0 Å². The maximum Gasteiger partial charge on any atom is 0.127 e. The van der Waals surface area contributed by atoms with Crippen molar-refractivity contribution in [3.05, 3.63) is 35.6 Å². The van der Waals surface area contributed by atoms with Crippen molar-refractivity contribution in [2.75, 3.05) is 19.6 Å². The van der Waals surface area contributed by atoms with Crippen molar-refractivity contribution in [2.24, 2.45) is 0 Å². The zero-order valence-corrected chi connectivity index (χ0v) is 11.0. The molecule has 0 radical (unpaired) electrons. The number of likely N-dealkylation sites (tertiary alicyclic amines) is 1. The van der Waals surface area contributed by atoms with Gasteiger partial charge in [-0.25, -0.2) is 4.39 Å². The van der Waals surface area contributed by atoms with Gasteiger partial charge in [0.25, 0.3) is 0 Å². The highest BCUT2D eigenvalue weighted by Gasteiger charge is 2.39. The van der Waals surface area contributed by atoms with Gasteiger partial charge in [-0.3, -0.25) is 4.90 Å². The number of hydrogen-bond acceptors (Lipinski definition) is 2. The molecule has 0 N–H and O–H groups in total. The van der Waals surface area contributed by atoms with Gasteiger partial charge in [-0.15, -0.1) is 0 Å². The SMILES string of the molecule is CCN1CC2CCC(C1)N2Cc1ccccc1F. The van der Waals surface area contributed by atoms with Gasteiger partial charge in [0, 0.05) is 37.3 Å². The number of piperazine rings is 1. The van der Waals surface area contributed by atoms with Crippen LogP contribution in [0.25, 0.3) is 0 Å². The summed E-state index contributed by atoms with van der Waals surface area (Å²) in [5, 5.41) is 0. The normalized spacial score (nSPS) is 28.8. The Labute approximate surface area is 108 Å². The van der Waals surface area contributed by atoms with Crippen LogP contribution in [0.4, 0.5) is 4.39 Å². The maximum atomic E-state index is 13.7. The van der Waals surface area contributed by atoms with Crippen LogP contribution in [0.3, 0.4) is 0 Å². The summed E-state index contributed by atoms with van der Waals surface area (Å²) in [7, 11) is 0. The Kier molecular flexibility index (Phi) is 3.35. The lowest BCUT2D eigenvalue weighted by Gasteiger charge is -2.40. The highest BCUT2D eigenvalue weighted by Crippen LogP contribution is 2.31. The van der Waals surface area contributed by atoms with E-state index < -0.39 is 0 Å². The van der Waals surface area contributed by atoms with Gasteiger partial charge in [0.15, 0.2) is 0 Å². The summed E-state index contributed by atoms with van der Waals surface area (Å²) in [4.78, 5) is 5.05. The molecule has 2 atom stereocenters. The molecular weight excluding hydrogens is 227 g/mol. The van der Waals surface area contributed by atoms with Gasteiger partial charge < -0.3 is 4.90 Å². The smallest absolute Gasteiger partial charge is 0.127 e. The molecule has 2 bridgehead atoms. The van der Waals surface area contributed by atoms with Crippen molar-refractivity contribution in [1.82, 2.24) is 9.80 Å². The van der Waals surface area contributed by atoms with Crippen LogP contribution >= 0.6 is 0 Å². The number of halogens is 1. The predicted molar refractivity (Wildman–Crippen MR) is 70.9 cm³/mol. The Hall–Kier alpha value is -0.930. The van der Waals surface area contributed by atoms with E-state index in [0.717, 1.165) is 31.7 Å². The zero-order chi connectivity index (χ0) is 12.5. The van der Waals surface area contributed by atoms with E-state index in [4.69, 9.17) is 0 Å². The molecule has 2 nitrogen and oxygen atoms in total. The molecule has 3 heteroatoms. The number of likely N-dealkylation sites (N-methyl/N-ethyl adjacent to an activating group) is 1. The third kappa shape index (κ3) is 2.17. The van der Waals surface area contributed by atoms with Crippen molar-refractivity contribution in [2.45, 2.75) is 38.4 Å². The lowest BCUT2D eigenvalue weighted by Crippen LogP contribution is -2.53. The van der Waals surface area contributed by atoms with E-state index in [1.165, 1.54) is 12.8 Å². The Balaban J connectivity index is 1.73. The van der Waals surface area contributed by atoms with Gasteiger partial charge in [-0.05, 0) is 25.5 Å². The molecule has 1 aromatic carbocycles. The highest BCUT2D eigenvalue weighted by atomic mass is 19.1. The van der Waals surface area contributed by atoms with E-state index in [0.29, 0.717) is 12.1 Å². The fourth-order valence-corrected chi connectivity index (χ4v) is 3.42. The third-order valence-electron chi connectivity index (χ3n) is 4.47. The average molecular weight is 248 g/mol. The second-order valence-electron chi connectivity index (χ2n) is 5.50. The molecule has 2 heterocycles. The summed E-state index contributed by atoms with van der Waals surface area (Å²) in [5.41, 5.74) is 0.847. The molecule has 2 saturated heterocycles. The standard InChI is InChI=1S/C15H21FN2/c1-2-17-10-13-7-8-14(11-17)18(13)9-12-5-3-4-6-15(12)16/h3-6,13-14H,2,7-11H2,1H3. The maximum absolute atomic E-state index is 13.7. The first kappa shape index (κ1) is 12.1. The number of fused-ring (bicyclic) bond motifs is 2. The fraction of sp³-hybridized carbons (Fsp3) is 0.600. The molecule has 0 aliphatic carbocycles. The van der Waals surface area contributed by atoms with Gasteiger partial charge in [-0.2, -0.15) is 0 Å². The average Bonchev–Trinajstić information content (AvgIpc) is 2.63. The second-order valence-corrected chi connectivity index (χ2v) is 5.50. The van der Waals surface area contributed by atoms with E-state index >= 15 is 0 Å². The van der Waals surface area contributed by atoms with E-state index in [9.17, 15) is 4.39 Å². The lowest BCUT2D eigenvalue weighted by molar-refractivity contribution is 0.0633. The molecule has 2 fully saturated rings. The molecule has 1 aromatic rings. The van der Waals surface area contributed by atoms with Gasteiger partial charge in [0.05, 0.1) is 0 Å². The molecule has 2 aliphatic rings. The number of benzene rings is 1.